The van der Waals surface area contributed by atoms with Crippen LogP contribution in [0.15, 0.2) is 35.4 Å². The summed E-state index contributed by atoms with van der Waals surface area (Å²) in [5.74, 6) is -0.155. The third-order valence-electron chi connectivity index (χ3n) is 3.50. The number of hydrogen-bond donors (Lipinski definition) is 1. The SMILES string of the molecule is O=C(NC1CCCCCC1)C(Cl)=Cc1ccccc1. The summed E-state index contributed by atoms with van der Waals surface area (Å²) in [4.78, 5) is 12.0. The smallest absolute Gasteiger partial charge is 0.263 e. The summed E-state index contributed by atoms with van der Waals surface area (Å²) in [6, 6.07) is 9.95. The lowest BCUT2D eigenvalue weighted by atomic mass is 10.1. The minimum absolute atomic E-state index is 0.155. The van der Waals surface area contributed by atoms with E-state index in [2.05, 4.69) is 5.32 Å². The van der Waals surface area contributed by atoms with Gasteiger partial charge in [0.2, 0.25) is 0 Å². The molecule has 1 N–H and O–H groups in total. The fourth-order valence-electron chi connectivity index (χ4n) is 2.44. The van der Waals surface area contributed by atoms with Crippen LogP contribution in [0.4, 0.5) is 0 Å². The molecule has 1 fully saturated rings. The second-order valence-corrected chi connectivity index (χ2v) is 5.47. The second-order valence-electron chi connectivity index (χ2n) is 5.06. The zero-order chi connectivity index (χ0) is 13.5. The van der Waals surface area contributed by atoms with E-state index < -0.39 is 0 Å². The summed E-state index contributed by atoms with van der Waals surface area (Å²) in [6.45, 7) is 0. The number of amides is 1. The Kier molecular flexibility index (Phi) is 5.46. The van der Waals surface area contributed by atoms with Crippen LogP contribution in [0.1, 0.15) is 44.1 Å². The van der Waals surface area contributed by atoms with E-state index in [4.69, 9.17) is 11.6 Å². The first-order valence-corrected chi connectivity index (χ1v) is 7.36. The Morgan fingerprint density at radius 2 is 1.74 bits per heavy atom. The van der Waals surface area contributed by atoms with Crippen molar-refractivity contribution in [3.63, 3.8) is 0 Å². The van der Waals surface area contributed by atoms with Crippen molar-refractivity contribution in [1.82, 2.24) is 5.32 Å². The predicted molar refractivity (Wildman–Crippen MR) is 79.9 cm³/mol. The molecule has 3 heteroatoms. The Labute approximate surface area is 119 Å². The van der Waals surface area contributed by atoms with Crippen LogP contribution in [0.3, 0.4) is 0 Å². The van der Waals surface area contributed by atoms with Gasteiger partial charge in [0.25, 0.3) is 5.91 Å². The Morgan fingerprint density at radius 3 is 2.37 bits per heavy atom. The van der Waals surface area contributed by atoms with E-state index in [1.165, 1.54) is 25.7 Å². The van der Waals surface area contributed by atoms with Crippen LogP contribution in [0.25, 0.3) is 6.08 Å². The van der Waals surface area contributed by atoms with Gasteiger partial charge in [-0.25, -0.2) is 0 Å². The summed E-state index contributed by atoms with van der Waals surface area (Å²) >= 11 is 6.07. The van der Waals surface area contributed by atoms with Gasteiger partial charge in [0.15, 0.2) is 0 Å². The number of carbonyl (C=O) groups is 1. The molecule has 0 unspecified atom stereocenters. The van der Waals surface area contributed by atoms with Gasteiger partial charge in [0, 0.05) is 6.04 Å². The molecule has 2 nitrogen and oxygen atoms in total. The molecule has 0 atom stereocenters. The van der Waals surface area contributed by atoms with Gasteiger partial charge in [0.1, 0.15) is 5.03 Å². The Bertz CT molecular complexity index is 433. The zero-order valence-electron chi connectivity index (χ0n) is 11.1. The first kappa shape index (κ1) is 14.1. The molecule has 1 saturated carbocycles. The molecule has 0 heterocycles. The quantitative estimate of drug-likeness (QED) is 0.654. The molecule has 1 aliphatic carbocycles. The van der Waals surface area contributed by atoms with Crippen LogP contribution in [0.5, 0.6) is 0 Å². The van der Waals surface area contributed by atoms with E-state index in [-0.39, 0.29) is 17.0 Å². The Balaban J connectivity index is 1.93. The number of benzene rings is 1. The summed E-state index contributed by atoms with van der Waals surface area (Å²) in [5, 5.41) is 3.30. The molecule has 102 valence electrons. The molecule has 0 saturated heterocycles. The van der Waals surface area contributed by atoms with Crippen molar-refractivity contribution in [3.05, 3.63) is 40.9 Å². The van der Waals surface area contributed by atoms with Crippen LogP contribution in [-0.2, 0) is 4.79 Å². The highest BCUT2D eigenvalue weighted by molar-refractivity contribution is 6.44. The average Bonchev–Trinajstić information content (AvgIpc) is 2.68. The van der Waals surface area contributed by atoms with Crippen LogP contribution in [0.2, 0.25) is 0 Å². The van der Waals surface area contributed by atoms with Crippen molar-refractivity contribution >= 4 is 23.6 Å². The summed E-state index contributed by atoms with van der Waals surface area (Å²) in [5.41, 5.74) is 0.948. The first-order valence-electron chi connectivity index (χ1n) is 6.99. The molecular weight excluding hydrogens is 258 g/mol. The van der Waals surface area contributed by atoms with Crippen molar-refractivity contribution < 1.29 is 4.79 Å². The van der Waals surface area contributed by atoms with Crippen molar-refractivity contribution in [1.29, 1.82) is 0 Å². The van der Waals surface area contributed by atoms with Crippen molar-refractivity contribution in [3.8, 4) is 0 Å². The van der Waals surface area contributed by atoms with E-state index in [9.17, 15) is 4.79 Å². The van der Waals surface area contributed by atoms with Gasteiger partial charge < -0.3 is 5.32 Å². The van der Waals surface area contributed by atoms with Crippen molar-refractivity contribution in [2.45, 2.75) is 44.6 Å². The molecule has 0 bridgehead atoms. The van der Waals surface area contributed by atoms with Gasteiger partial charge in [0.05, 0.1) is 0 Å². The highest BCUT2D eigenvalue weighted by atomic mass is 35.5. The van der Waals surface area contributed by atoms with Gasteiger partial charge >= 0.3 is 0 Å². The van der Waals surface area contributed by atoms with Crippen LogP contribution < -0.4 is 5.32 Å². The molecule has 0 spiro atoms. The standard InChI is InChI=1S/C16H20ClNO/c17-15(12-13-8-4-3-5-9-13)16(19)18-14-10-6-1-2-7-11-14/h3-5,8-9,12,14H,1-2,6-7,10-11H2,(H,18,19). The fourth-order valence-corrected chi connectivity index (χ4v) is 2.62. The maximum Gasteiger partial charge on any atom is 0.263 e. The topological polar surface area (TPSA) is 29.1 Å². The predicted octanol–water partition coefficient (Wildman–Crippen LogP) is 4.11. The maximum absolute atomic E-state index is 12.0. The van der Waals surface area contributed by atoms with Crippen molar-refractivity contribution in [2.75, 3.05) is 0 Å². The lowest BCUT2D eigenvalue weighted by Crippen LogP contribution is -2.34. The van der Waals surface area contributed by atoms with Gasteiger partial charge in [-0.15, -0.1) is 0 Å². The minimum atomic E-state index is -0.155. The van der Waals surface area contributed by atoms with Gasteiger partial charge in [-0.05, 0) is 24.5 Å². The lowest BCUT2D eigenvalue weighted by molar-refractivity contribution is -0.117. The van der Waals surface area contributed by atoms with E-state index in [0.29, 0.717) is 0 Å². The van der Waals surface area contributed by atoms with Crippen molar-refractivity contribution in [2.24, 2.45) is 0 Å². The fraction of sp³-hybridized carbons (Fsp3) is 0.438. The monoisotopic (exact) mass is 277 g/mol. The summed E-state index contributed by atoms with van der Waals surface area (Å²) in [7, 11) is 0. The largest absolute Gasteiger partial charge is 0.349 e. The maximum atomic E-state index is 12.0. The third-order valence-corrected chi connectivity index (χ3v) is 3.78. The zero-order valence-corrected chi connectivity index (χ0v) is 11.8. The highest BCUT2D eigenvalue weighted by Crippen LogP contribution is 2.18. The van der Waals surface area contributed by atoms with Crippen LogP contribution in [-0.4, -0.2) is 11.9 Å². The number of nitrogens with one attached hydrogen (secondary N) is 1. The summed E-state index contributed by atoms with van der Waals surface area (Å²) in [6.07, 6.45) is 8.81. The third kappa shape index (κ3) is 4.71. The minimum Gasteiger partial charge on any atom is -0.349 e. The molecule has 1 aromatic carbocycles. The molecular formula is C16H20ClNO. The molecule has 1 aromatic rings. The van der Waals surface area contributed by atoms with Gasteiger partial charge in [-0.2, -0.15) is 0 Å². The molecule has 1 amide bonds. The number of carbonyl (C=O) groups excluding carboxylic acids is 1. The molecule has 0 aromatic heterocycles. The average molecular weight is 278 g/mol. The van der Waals surface area contributed by atoms with Crippen LogP contribution >= 0.6 is 11.6 Å². The van der Waals surface area contributed by atoms with Gasteiger partial charge in [-0.3, -0.25) is 4.79 Å². The molecule has 0 aliphatic heterocycles. The van der Waals surface area contributed by atoms with E-state index in [0.717, 1.165) is 18.4 Å². The summed E-state index contributed by atoms with van der Waals surface area (Å²) < 4.78 is 0. The Hall–Kier alpha value is -1.28. The molecule has 1 aliphatic rings. The van der Waals surface area contributed by atoms with Gasteiger partial charge in [-0.1, -0.05) is 67.6 Å². The Morgan fingerprint density at radius 1 is 1.11 bits per heavy atom. The lowest BCUT2D eigenvalue weighted by Gasteiger charge is -2.15. The number of hydrogen-bond acceptors (Lipinski definition) is 1. The number of halogens is 1. The number of rotatable bonds is 3. The molecule has 0 radical (unpaired) electrons. The normalized spacial score (nSPS) is 17.8. The molecule has 2 rings (SSSR count). The van der Waals surface area contributed by atoms with Crippen LogP contribution in [0, 0.1) is 0 Å². The van der Waals surface area contributed by atoms with E-state index >= 15 is 0 Å². The molecule has 19 heavy (non-hydrogen) atoms. The first-order chi connectivity index (χ1) is 9.25. The van der Waals surface area contributed by atoms with E-state index in [1.807, 2.05) is 30.3 Å². The highest BCUT2D eigenvalue weighted by Gasteiger charge is 2.16. The van der Waals surface area contributed by atoms with E-state index in [1.54, 1.807) is 6.08 Å². The second kappa shape index (κ2) is 7.34.